The zero-order valence-corrected chi connectivity index (χ0v) is 8.51. The molecule has 1 heterocycles. The number of amides is 1. The lowest BCUT2D eigenvalue weighted by Crippen LogP contribution is -2.25. The largest absolute Gasteiger partial charge is 0.314 e. The maximum Gasteiger partial charge on any atom is 0.289 e. The predicted octanol–water partition coefficient (Wildman–Crippen LogP) is 0.253. The van der Waals surface area contributed by atoms with Crippen molar-refractivity contribution in [1.82, 2.24) is 4.57 Å². The minimum absolute atomic E-state index is 0.0797. The Balaban J connectivity index is 3.71. The maximum absolute atomic E-state index is 13.2. The molecule has 15 heavy (non-hydrogen) atoms. The van der Waals surface area contributed by atoms with Crippen LogP contribution >= 0.6 is 12.6 Å². The average molecular weight is 227 g/mol. The first-order valence-corrected chi connectivity index (χ1v) is 4.21. The average Bonchev–Trinajstić information content (AvgIpc) is 2.24. The second kappa shape index (κ2) is 4.14. The van der Waals surface area contributed by atoms with Gasteiger partial charge in [-0.1, -0.05) is 0 Å². The molecule has 0 unspecified atom stereocenters. The molecule has 0 spiro atoms. The van der Waals surface area contributed by atoms with Gasteiger partial charge in [0.25, 0.3) is 5.56 Å². The second-order valence-electron chi connectivity index (χ2n) is 2.62. The molecule has 1 amide bonds. The van der Waals surface area contributed by atoms with Crippen LogP contribution in [0.3, 0.4) is 0 Å². The number of carbonyl (C=O) groups excluding carboxylic acids is 1. The first-order chi connectivity index (χ1) is 7.04. The van der Waals surface area contributed by atoms with E-state index in [9.17, 15) is 14.0 Å². The van der Waals surface area contributed by atoms with E-state index in [0.717, 1.165) is 4.57 Å². The molecule has 0 bridgehead atoms. The molecule has 1 aromatic heterocycles. The van der Waals surface area contributed by atoms with Gasteiger partial charge in [0.1, 0.15) is 17.5 Å². The number of nitriles is 1. The molecule has 1 N–H and O–H groups in total. The lowest BCUT2D eigenvalue weighted by Gasteiger charge is -2.10. The van der Waals surface area contributed by atoms with Gasteiger partial charge in [-0.25, -0.2) is 0 Å². The Hall–Kier alpha value is -1.81. The van der Waals surface area contributed by atoms with Crippen LogP contribution < -0.4 is 10.9 Å². The third kappa shape index (κ3) is 1.71. The monoisotopic (exact) mass is 227 g/mol. The van der Waals surface area contributed by atoms with Crippen molar-refractivity contribution in [2.24, 2.45) is 7.05 Å². The summed E-state index contributed by atoms with van der Waals surface area (Å²) in [5.41, 5.74) is -1.15. The molecule has 0 aliphatic carbocycles. The van der Waals surface area contributed by atoms with E-state index in [2.05, 4.69) is 17.9 Å². The fourth-order valence-corrected chi connectivity index (χ4v) is 1.32. The highest BCUT2D eigenvalue weighted by molar-refractivity contribution is 7.80. The highest BCUT2D eigenvalue weighted by atomic mass is 32.1. The quantitative estimate of drug-likeness (QED) is 0.562. The van der Waals surface area contributed by atoms with Crippen LogP contribution in [-0.2, 0) is 11.8 Å². The molecule has 0 radical (unpaired) electrons. The lowest BCUT2D eigenvalue weighted by molar-refractivity contribution is -0.105. The van der Waals surface area contributed by atoms with Gasteiger partial charge in [-0.15, -0.1) is 12.6 Å². The van der Waals surface area contributed by atoms with Crippen LogP contribution in [-0.4, -0.2) is 11.0 Å². The summed E-state index contributed by atoms with van der Waals surface area (Å²) in [6, 6.07) is 1.66. The van der Waals surface area contributed by atoms with Crippen LogP contribution in [0.25, 0.3) is 0 Å². The van der Waals surface area contributed by atoms with Gasteiger partial charge in [-0.2, -0.15) is 9.65 Å². The molecule has 5 nitrogen and oxygen atoms in total. The summed E-state index contributed by atoms with van der Waals surface area (Å²) in [7, 11) is 1.24. The molecule has 78 valence electrons. The van der Waals surface area contributed by atoms with Gasteiger partial charge in [0.05, 0.1) is 4.90 Å². The number of hydrogen-bond acceptors (Lipinski definition) is 4. The topological polar surface area (TPSA) is 74.9 Å². The van der Waals surface area contributed by atoms with Gasteiger partial charge in [0, 0.05) is 7.05 Å². The van der Waals surface area contributed by atoms with Gasteiger partial charge < -0.3 is 5.32 Å². The molecular formula is C8H6FN3O2S. The highest BCUT2D eigenvalue weighted by Crippen LogP contribution is 2.21. The Labute approximate surface area is 89.5 Å². The minimum atomic E-state index is -1.12. The van der Waals surface area contributed by atoms with E-state index in [0.29, 0.717) is 6.41 Å². The highest BCUT2D eigenvalue weighted by Gasteiger charge is 2.17. The number of halogens is 1. The lowest BCUT2D eigenvalue weighted by atomic mass is 10.2. The third-order valence-electron chi connectivity index (χ3n) is 1.82. The summed E-state index contributed by atoms with van der Waals surface area (Å²) in [4.78, 5) is 21.1. The van der Waals surface area contributed by atoms with E-state index in [-0.39, 0.29) is 16.3 Å². The van der Waals surface area contributed by atoms with Crippen LogP contribution in [0.15, 0.2) is 9.69 Å². The smallest absolute Gasteiger partial charge is 0.289 e. The molecule has 0 fully saturated rings. The van der Waals surface area contributed by atoms with E-state index in [1.807, 2.05) is 0 Å². The number of nitrogens with one attached hydrogen (secondary N) is 1. The van der Waals surface area contributed by atoms with Gasteiger partial charge >= 0.3 is 0 Å². The summed E-state index contributed by atoms with van der Waals surface area (Å²) in [6.07, 6.45) is 0.292. The number of rotatable bonds is 2. The molecule has 1 rings (SSSR count). The molecule has 0 aliphatic rings. The van der Waals surface area contributed by atoms with Crippen LogP contribution in [0.5, 0.6) is 0 Å². The summed E-state index contributed by atoms with van der Waals surface area (Å²) >= 11 is 3.70. The fourth-order valence-electron chi connectivity index (χ4n) is 1.07. The van der Waals surface area contributed by atoms with Crippen molar-refractivity contribution in [3.8, 4) is 6.07 Å². The number of anilines is 1. The van der Waals surface area contributed by atoms with Gasteiger partial charge in [0.15, 0.2) is 0 Å². The van der Waals surface area contributed by atoms with Gasteiger partial charge in [0.2, 0.25) is 12.2 Å². The number of nitrogens with zero attached hydrogens (tertiary/aromatic N) is 2. The van der Waals surface area contributed by atoms with Crippen molar-refractivity contribution in [2.45, 2.75) is 4.90 Å². The zero-order chi connectivity index (χ0) is 11.6. The van der Waals surface area contributed by atoms with E-state index < -0.39 is 11.4 Å². The zero-order valence-electron chi connectivity index (χ0n) is 7.61. The standard InChI is InChI=1S/C8H6FN3O2S/c1-12-7(11-3-13)4(2-10)6(15)5(9)8(12)14/h3,15H,1H3,(H,11,13). The number of pyridine rings is 1. The van der Waals surface area contributed by atoms with Crippen molar-refractivity contribution in [2.75, 3.05) is 5.32 Å². The molecule has 0 saturated carbocycles. The van der Waals surface area contributed by atoms with Crippen LogP contribution in [0.2, 0.25) is 0 Å². The van der Waals surface area contributed by atoms with Crippen molar-refractivity contribution < 1.29 is 9.18 Å². The Morgan fingerprint density at radius 3 is 2.73 bits per heavy atom. The molecule has 7 heteroatoms. The van der Waals surface area contributed by atoms with Crippen LogP contribution in [0.4, 0.5) is 10.2 Å². The minimum Gasteiger partial charge on any atom is -0.314 e. The van der Waals surface area contributed by atoms with Crippen molar-refractivity contribution in [3.63, 3.8) is 0 Å². The third-order valence-corrected chi connectivity index (χ3v) is 2.24. The number of aromatic nitrogens is 1. The molecule has 0 aliphatic heterocycles. The van der Waals surface area contributed by atoms with Gasteiger partial charge in [-0.3, -0.25) is 14.2 Å². The maximum atomic E-state index is 13.2. The molecular weight excluding hydrogens is 221 g/mol. The predicted molar refractivity (Wildman–Crippen MR) is 53.3 cm³/mol. The summed E-state index contributed by atoms with van der Waals surface area (Å²) in [5, 5.41) is 10.9. The number of carbonyl (C=O) groups is 1. The SMILES string of the molecule is Cn1c(NC=O)c(C#N)c(S)c(F)c1=O. The second-order valence-corrected chi connectivity index (χ2v) is 3.07. The number of hydrogen-bond donors (Lipinski definition) is 2. The van der Waals surface area contributed by atoms with Crippen molar-refractivity contribution in [1.29, 1.82) is 5.26 Å². The van der Waals surface area contributed by atoms with Crippen LogP contribution in [0.1, 0.15) is 5.56 Å². The normalized spacial score (nSPS) is 9.47. The van der Waals surface area contributed by atoms with E-state index >= 15 is 0 Å². The summed E-state index contributed by atoms with van der Waals surface area (Å²) in [6.45, 7) is 0. The van der Waals surface area contributed by atoms with Crippen LogP contribution in [0, 0.1) is 17.1 Å². The van der Waals surface area contributed by atoms with E-state index in [1.165, 1.54) is 7.05 Å². The summed E-state index contributed by atoms with van der Waals surface area (Å²) < 4.78 is 14.0. The Bertz CT molecular complexity index is 518. The number of thiol groups is 1. The van der Waals surface area contributed by atoms with E-state index in [4.69, 9.17) is 5.26 Å². The Morgan fingerprint density at radius 1 is 1.67 bits per heavy atom. The van der Waals surface area contributed by atoms with Crippen molar-refractivity contribution in [3.05, 3.63) is 21.7 Å². The van der Waals surface area contributed by atoms with E-state index in [1.54, 1.807) is 6.07 Å². The van der Waals surface area contributed by atoms with Gasteiger partial charge in [-0.05, 0) is 0 Å². The fraction of sp³-hybridized carbons (Fsp3) is 0.125. The summed E-state index contributed by atoms with van der Waals surface area (Å²) in [5.74, 6) is -1.20. The molecule has 0 saturated heterocycles. The molecule has 0 atom stereocenters. The molecule has 1 aromatic rings. The van der Waals surface area contributed by atoms with Crippen molar-refractivity contribution >= 4 is 24.9 Å². The Kier molecular flexibility index (Phi) is 3.11. The first kappa shape index (κ1) is 11.3. The molecule has 0 aromatic carbocycles. The first-order valence-electron chi connectivity index (χ1n) is 3.76. The Morgan fingerprint density at radius 2 is 2.27 bits per heavy atom.